The monoisotopic (exact) mass is 471 g/mol. The highest BCUT2D eigenvalue weighted by Gasteiger charge is 2.57. The summed E-state index contributed by atoms with van der Waals surface area (Å²) in [4.78, 5) is 24.5. The first-order valence-corrected chi connectivity index (χ1v) is 12.8. The Morgan fingerprint density at radius 1 is 0.970 bits per heavy atom. The second-order valence-corrected chi connectivity index (χ2v) is 11.1. The number of carbonyl (C=O) groups is 1. The predicted octanol–water partition coefficient (Wildman–Crippen LogP) is 4.15. The molecule has 0 bridgehead atoms. The molecule has 3 aliphatic carbocycles. The molecule has 176 valence electrons. The number of esters is 1. The zero-order valence-electron chi connectivity index (χ0n) is 18.1. The second-order valence-electron chi connectivity index (χ2n) is 8.86. The molecule has 0 radical (unpaired) electrons. The molecule has 2 heterocycles. The predicted molar refractivity (Wildman–Crippen MR) is 125 cm³/mol. The Morgan fingerprint density at radius 3 is 2.15 bits per heavy atom. The maximum Gasteiger partial charge on any atom is 0.356 e. The molecule has 5 rings (SSSR count). The number of allylic oxidation sites excluding steroid dienone is 8. The molecule has 1 saturated carbocycles. The van der Waals surface area contributed by atoms with E-state index in [0.717, 1.165) is 25.3 Å². The highest BCUT2D eigenvalue weighted by Crippen LogP contribution is 2.69. The SMILES string of the molecule is O=C1OC2(CCCCC2)S(O)(O)C1=Cc1c([O-])n(C2C=CC=CC2)n(C2C=CC=CC2)c1=O. The summed E-state index contributed by atoms with van der Waals surface area (Å²) in [7, 11) is -3.64. The molecule has 2 atom stereocenters. The van der Waals surface area contributed by atoms with E-state index in [1.54, 1.807) is 0 Å². The van der Waals surface area contributed by atoms with Gasteiger partial charge in [0, 0.05) is 12.8 Å². The molecule has 1 aromatic rings. The molecule has 0 amide bonds. The van der Waals surface area contributed by atoms with Crippen molar-refractivity contribution in [2.75, 3.05) is 0 Å². The van der Waals surface area contributed by atoms with E-state index in [1.807, 2.05) is 48.6 Å². The Bertz CT molecular complexity index is 1180. The molecule has 0 aromatic carbocycles. The van der Waals surface area contributed by atoms with E-state index < -0.39 is 32.9 Å². The standard InChI is InChI=1S/C24H28N2O6S/c27-21-19(16-20-23(29)32-24(33(20,30)31)14-8-3-9-15-24)22(28)26(18-12-6-2-7-13-18)25(21)17-10-4-1-5-11-17/h1-2,4-7,10,12,16-18,27,30-31H,3,8-9,11,13-15H2/p-1. The van der Waals surface area contributed by atoms with E-state index in [1.165, 1.54) is 9.36 Å². The van der Waals surface area contributed by atoms with Crippen LogP contribution < -0.4 is 10.7 Å². The summed E-state index contributed by atoms with van der Waals surface area (Å²) in [6, 6.07) is -0.718. The third-order valence-corrected chi connectivity index (χ3v) is 9.28. The molecule has 2 fully saturated rings. The smallest absolute Gasteiger partial charge is 0.356 e. The molecule has 33 heavy (non-hydrogen) atoms. The summed E-state index contributed by atoms with van der Waals surface area (Å²) in [5.74, 6) is -1.43. The number of hydrogen-bond acceptors (Lipinski definition) is 6. The van der Waals surface area contributed by atoms with Crippen LogP contribution in [-0.4, -0.2) is 29.4 Å². The number of hydrogen-bond donors (Lipinski definition) is 2. The van der Waals surface area contributed by atoms with Gasteiger partial charge in [-0.05, 0) is 37.6 Å². The summed E-state index contributed by atoms with van der Waals surface area (Å²) < 4.78 is 30.5. The van der Waals surface area contributed by atoms with E-state index in [2.05, 4.69) is 0 Å². The van der Waals surface area contributed by atoms with E-state index in [0.29, 0.717) is 25.7 Å². The van der Waals surface area contributed by atoms with Crippen LogP contribution in [0.25, 0.3) is 6.08 Å². The highest BCUT2D eigenvalue weighted by atomic mass is 32.3. The molecule has 2 unspecified atom stereocenters. The van der Waals surface area contributed by atoms with Gasteiger partial charge in [0.1, 0.15) is 4.91 Å². The van der Waals surface area contributed by atoms with Gasteiger partial charge in [-0.3, -0.25) is 18.6 Å². The molecule has 4 aliphatic rings. The Hall–Kier alpha value is -2.75. The van der Waals surface area contributed by atoms with E-state index >= 15 is 0 Å². The van der Waals surface area contributed by atoms with Crippen LogP contribution >= 0.6 is 10.6 Å². The van der Waals surface area contributed by atoms with Gasteiger partial charge in [0.05, 0.1) is 17.6 Å². The average molecular weight is 472 g/mol. The van der Waals surface area contributed by atoms with E-state index in [9.17, 15) is 23.8 Å². The van der Waals surface area contributed by atoms with Crippen LogP contribution in [0, 0.1) is 0 Å². The molecular weight excluding hydrogens is 444 g/mol. The third-order valence-electron chi connectivity index (χ3n) is 6.85. The number of rotatable bonds is 3. The lowest BCUT2D eigenvalue weighted by Gasteiger charge is -2.44. The zero-order valence-corrected chi connectivity index (χ0v) is 18.9. The van der Waals surface area contributed by atoms with Crippen molar-refractivity contribution in [1.29, 1.82) is 0 Å². The van der Waals surface area contributed by atoms with Crippen molar-refractivity contribution in [3.8, 4) is 5.88 Å². The van der Waals surface area contributed by atoms with Crippen LogP contribution in [0.3, 0.4) is 0 Å². The first-order chi connectivity index (χ1) is 15.9. The van der Waals surface area contributed by atoms with Gasteiger partial charge in [0.25, 0.3) is 5.56 Å². The van der Waals surface area contributed by atoms with Crippen molar-refractivity contribution >= 4 is 22.6 Å². The molecule has 1 saturated heterocycles. The first kappa shape index (κ1) is 22.1. The van der Waals surface area contributed by atoms with Crippen molar-refractivity contribution in [3.63, 3.8) is 0 Å². The second kappa shape index (κ2) is 8.23. The van der Waals surface area contributed by atoms with Crippen LogP contribution in [0.5, 0.6) is 5.88 Å². The van der Waals surface area contributed by atoms with E-state index in [4.69, 9.17) is 4.74 Å². The Labute approximate surface area is 193 Å². The summed E-state index contributed by atoms with van der Waals surface area (Å²) >= 11 is 0. The summed E-state index contributed by atoms with van der Waals surface area (Å²) in [6.07, 6.45) is 20.2. The topological polar surface area (TPSA) is 117 Å². The van der Waals surface area contributed by atoms with Crippen molar-refractivity contribution in [3.05, 3.63) is 69.4 Å². The van der Waals surface area contributed by atoms with Gasteiger partial charge in [-0.25, -0.2) is 9.48 Å². The number of nitrogens with zero attached hydrogens (tertiary/aromatic N) is 2. The average Bonchev–Trinajstić information content (AvgIpc) is 3.17. The Kier molecular flexibility index (Phi) is 5.50. The molecule has 1 aliphatic heterocycles. The molecule has 8 nitrogen and oxygen atoms in total. The van der Waals surface area contributed by atoms with Crippen molar-refractivity contribution in [1.82, 2.24) is 9.36 Å². The highest BCUT2D eigenvalue weighted by molar-refractivity contribution is 8.29. The normalized spacial score (nSPS) is 29.6. The van der Waals surface area contributed by atoms with Gasteiger partial charge >= 0.3 is 5.97 Å². The van der Waals surface area contributed by atoms with Crippen molar-refractivity contribution in [2.45, 2.75) is 62.0 Å². The maximum absolute atomic E-state index is 13.5. The fraction of sp³-hybridized carbons (Fsp3) is 0.417. The zero-order chi connectivity index (χ0) is 23.2. The van der Waals surface area contributed by atoms with Crippen LogP contribution in [0.1, 0.15) is 62.6 Å². The lowest BCUT2D eigenvalue weighted by molar-refractivity contribution is -0.281. The molecule has 9 heteroatoms. The van der Waals surface area contributed by atoms with Gasteiger partial charge in [0.15, 0.2) is 0 Å². The van der Waals surface area contributed by atoms with Crippen LogP contribution in [0.4, 0.5) is 0 Å². The fourth-order valence-corrected chi connectivity index (χ4v) is 7.13. The largest absolute Gasteiger partial charge is 0.858 e. The fourth-order valence-electron chi connectivity index (χ4n) is 5.12. The number of carbonyl (C=O) groups excluding carboxylic acids is 1. The molecule has 1 aromatic heterocycles. The maximum atomic E-state index is 13.5. The minimum absolute atomic E-state index is 0.249. The Balaban J connectivity index is 1.64. The van der Waals surface area contributed by atoms with Crippen LogP contribution in [-0.2, 0) is 9.53 Å². The first-order valence-electron chi connectivity index (χ1n) is 11.3. The summed E-state index contributed by atoms with van der Waals surface area (Å²) in [6.45, 7) is 0. The minimum Gasteiger partial charge on any atom is -0.858 e. The van der Waals surface area contributed by atoms with Crippen LogP contribution in [0.15, 0.2) is 58.3 Å². The van der Waals surface area contributed by atoms with Gasteiger partial charge in [-0.1, -0.05) is 55.0 Å². The van der Waals surface area contributed by atoms with Crippen molar-refractivity contribution in [2.24, 2.45) is 0 Å². The van der Waals surface area contributed by atoms with Gasteiger partial charge < -0.3 is 9.84 Å². The molecule has 2 N–H and O–H groups in total. The molecular formula is C24H27N2O6S-. The van der Waals surface area contributed by atoms with Gasteiger partial charge in [0.2, 0.25) is 4.93 Å². The van der Waals surface area contributed by atoms with E-state index in [-0.39, 0.29) is 22.6 Å². The lowest BCUT2D eigenvalue weighted by Crippen LogP contribution is -2.35. The quantitative estimate of drug-likeness (QED) is 0.505. The van der Waals surface area contributed by atoms with Crippen LogP contribution in [0.2, 0.25) is 0 Å². The van der Waals surface area contributed by atoms with Crippen molar-refractivity contribution < 1.29 is 23.7 Å². The van der Waals surface area contributed by atoms with Gasteiger partial charge in [-0.15, -0.1) is 10.6 Å². The lowest BCUT2D eigenvalue weighted by atomic mass is 9.97. The van der Waals surface area contributed by atoms with Gasteiger partial charge in [-0.2, -0.15) is 0 Å². The third kappa shape index (κ3) is 3.46. The number of ether oxygens (including phenoxy) is 1. The number of aromatic nitrogens is 2. The summed E-state index contributed by atoms with van der Waals surface area (Å²) in [5.41, 5.74) is -0.811. The summed E-state index contributed by atoms with van der Waals surface area (Å²) in [5, 5.41) is 13.5. The minimum atomic E-state index is -3.64. The molecule has 1 spiro atoms. The Morgan fingerprint density at radius 2 is 1.58 bits per heavy atom.